The van der Waals surface area contributed by atoms with Crippen LogP contribution in [-0.4, -0.2) is 34.8 Å². The van der Waals surface area contributed by atoms with Crippen molar-refractivity contribution < 1.29 is 9.59 Å². The van der Waals surface area contributed by atoms with Crippen LogP contribution in [-0.2, 0) is 16.0 Å². The quantitative estimate of drug-likeness (QED) is 0.826. The Morgan fingerprint density at radius 2 is 2.12 bits per heavy atom. The van der Waals surface area contributed by atoms with Crippen molar-refractivity contribution in [3.8, 4) is 0 Å². The molecule has 2 heterocycles. The van der Waals surface area contributed by atoms with Crippen molar-refractivity contribution in [2.45, 2.75) is 26.3 Å². The lowest BCUT2D eigenvalue weighted by atomic mass is 9.97. The number of rotatable bonds is 3. The van der Waals surface area contributed by atoms with Crippen LogP contribution < -0.4 is 5.32 Å². The van der Waals surface area contributed by atoms with Crippen molar-refractivity contribution in [1.29, 1.82) is 0 Å². The minimum Gasteiger partial charge on any atom is -0.352 e. The van der Waals surface area contributed by atoms with Crippen LogP contribution in [0.4, 0.5) is 0 Å². The number of carbonyl (C=O) groups excluding carboxylic acids is 2. The van der Waals surface area contributed by atoms with Crippen LogP contribution in [0.5, 0.6) is 0 Å². The minimum atomic E-state index is -0.570. The van der Waals surface area contributed by atoms with E-state index < -0.39 is 6.04 Å². The number of H-pyrrole nitrogens is 1. The Hall–Kier alpha value is -1.99. The molecular formula is C17H19N3O2S2. The van der Waals surface area contributed by atoms with Crippen LogP contribution >= 0.6 is 23.6 Å². The van der Waals surface area contributed by atoms with E-state index >= 15 is 0 Å². The minimum absolute atomic E-state index is 0.0496. The van der Waals surface area contributed by atoms with Gasteiger partial charge in [-0.15, -0.1) is 11.3 Å². The van der Waals surface area contributed by atoms with Crippen molar-refractivity contribution in [2.24, 2.45) is 0 Å². The van der Waals surface area contributed by atoms with E-state index in [2.05, 4.69) is 10.3 Å². The maximum atomic E-state index is 12.9. The number of aryl methyl sites for hydroxylation is 2. The Kier molecular flexibility index (Phi) is 4.82. The summed E-state index contributed by atoms with van der Waals surface area (Å²) in [5.41, 5.74) is 2.81. The highest BCUT2D eigenvalue weighted by Crippen LogP contribution is 2.27. The average molecular weight is 361 g/mol. The SMILES string of the molecule is Cc1ccccc1[C@H]1C(=O)NCCN1C(=O)Cc1sc(=S)[nH]c1C. The molecule has 0 radical (unpaired) electrons. The molecule has 0 saturated carbocycles. The smallest absolute Gasteiger partial charge is 0.247 e. The number of thiazole rings is 1. The van der Waals surface area contributed by atoms with Gasteiger partial charge in [-0.2, -0.15) is 0 Å². The number of amides is 2. The van der Waals surface area contributed by atoms with Gasteiger partial charge in [-0.25, -0.2) is 0 Å². The molecule has 0 spiro atoms. The van der Waals surface area contributed by atoms with E-state index in [0.29, 0.717) is 17.0 Å². The summed E-state index contributed by atoms with van der Waals surface area (Å²) in [6, 6.07) is 7.13. The first-order chi connectivity index (χ1) is 11.5. The summed E-state index contributed by atoms with van der Waals surface area (Å²) < 4.78 is 0.669. The van der Waals surface area contributed by atoms with Gasteiger partial charge in [-0.1, -0.05) is 24.3 Å². The molecule has 1 aliphatic rings. The second kappa shape index (κ2) is 6.86. The molecular weight excluding hydrogens is 342 g/mol. The van der Waals surface area contributed by atoms with Gasteiger partial charge in [0.1, 0.15) is 6.04 Å². The van der Waals surface area contributed by atoms with Crippen molar-refractivity contribution in [1.82, 2.24) is 15.2 Å². The summed E-state index contributed by atoms with van der Waals surface area (Å²) >= 11 is 6.56. The van der Waals surface area contributed by atoms with Gasteiger partial charge in [0.25, 0.3) is 0 Å². The van der Waals surface area contributed by atoms with Crippen LogP contribution in [0.15, 0.2) is 24.3 Å². The molecule has 0 aliphatic carbocycles. The zero-order valence-corrected chi connectivity index (χ0v) is 15.2. The van der Waals surface area contributed by atoms with Crippen molar-refractivity contribution in [2.75, 3.05) is 13.1 Å². The number of hydrogen-bond donors (Lipinski definition) is 2. The van der Waals surface area contributed by atoms with Gasteiger partial charge < -0.3 is 15.2 Å². The number of aromatic amines is 1. The third-order valence-corrected chi connectivity index (χ3v) is 5.59. The van der Waals surface area contributed by atoms with E-state index in [1.807, 2.05) is 38.1 Å². The topological polar surface area (TPSA) is 65.2 Å². The molecule has 0 bridgehead atoms. The van der Waals surface area contributed by atoms with E-state index in [9.17, 15) is 9.59 Å². The number of aromatic nitrogens is 1. The highest BCUT2D eigenvalue weighted by Gasteiger charge is 2.35. The summed E-state index contributed by atoms with van der Waals surface area (Å²) in [5.74, 6) is -0.172. The number of benzene rings is 1. The first-order valence-corrected chi connectivity index (χ1v) is 9.01. The maximum Gasteiger partial charge on any atom is 0.247 e. The molecule has 1 fully saturated rings. The van der Waals surface area contributed by atoms with E-state index in [1.54, 1.807) is 4.90 Å². The van der Waals surface area contributed by atoms with Crippen LogP contribution in [0.1, 0.15) is 27.7 Å². The fourth-order valence-electron chi connectivity index (χ4n) is 2.98. The summed E-state index contributed by atoms with van der Waals surface area (Å²) in [6.45, 7) is 4.87. The number of hydrogen-bond acceptors (Lipinski definition) is 4. The van der Waals surface area contributed by atoms with E-state index in [1.165, 1.54) is 11.3 Å². The molecule has 2 amide bonds. The molecule has 1 aromatic carbocycles. The molecule has 24 heavy (non-hydrogen) atoms. The van der Waals surface area contributed by atoms with Crippen LogP contribution in [0.2, 0.25) is 0 Å². The van der Waals surface area contributed by atoms with Gasteiger partial charge in [0.05, 0.1) is 6.42 Å². The van der Waals surface area contributed by atoms with Crippen molar-refractivity contribution in [3.05, 3.63) is 49.9 Å². The number of nitrogens with zero attached hydrogens (tertiary/aromatic N) is 1. The molecule has 7 heteroatoms. The van der Waals surface area contributed by atoms with Gasteiger partial charge in [0.2, 0.25) is 11.8 Å². The Morgan fingerprint density at radius 1 is 1.38 bits per heavy atom. The fourth-order valence-corrected chi connectivity index (χ4v) is 4.27. The standard InChI is InChI=1S/C17H19N3O2S2/c1-10-5-3-4-6-12(10)15-16(22)18-7-8-20(15)14(21)9-13-11(2)19-17(23)24-13/h3-6,15H,7-9H2,1-2H3,(H,18,22)(H,19,23)/t15-/m0/s1. The molecule has 2 aromatic rings. The zero-order chi connectivity index (χ0) is 17.3. The first-order valence-electron chi connectivity index (χ1n) is 7.78. The number of piperazine rings is 1. The number of carbonyl (C=O) groups is 2. The predicted octanol–water partition coefficient (Wildman–Crippen LogP) is 2.66. The molecule has 5 nitrogen and oxygen atoms in total. The second-order valence-corrected chi connectivity index (χ2v) is 7.65. The zero-order valence-electron chi connectivity index (χ0n) is 13.6. The fraction of sp³-hybridized carbons (Fsp3) is 0.353. The van der Waals surface area contributed by atoms with Gasteiger partial charge in [-0.3, -0.25) is 9.59 Å². The van der Waals surface area contributed by atoms with Gasteiger partial charge >= 0.3 is 0 Å². The third kappa shape index (κ3) is 3.27. The largest absolute Gasteiger partial charge is 0.352 e. The van der Waals surface area contributed by atoms with E-state index in [0.717, 1.165) is 21.7 Å². The number of nitrogens with one attached hydrogen (secondary N) is 2. The molecule has 2 N–H and O–H groups in total. The second-order valence-electron chi connectivity index (χ2n) is 5.88. The molecule has 1 aromatic heterocycles. The first kappa shape index (κ1) is 16.9. The average Bonchev–Trinajstić information content (AvgIpc) is 2.85. The normalized spacial score (nSPS) is 17.7. The van der Waals surface area contributed by atoms with Crippen molar-refractivity contribution in [3.63, 3.8) is 0 Å². The maximum absolute atomic E-state index is 12.9. The van der Waals surface area contributed by atoms with E-state index in [4.69, 9.17) is 12.2 Å². The molecule has 1 aliphatic heterocycles. The van der Waals surface area contributed by atoms with Gasteiger partial charge in [0, 0.05) is 23.7 Å². The Balaban J connectivity index is 1.90. The predicted molar refractivity (Wildman–Crippen MR) is 96.6 cm³/mol. The van der Waals surface area contributed by atoms with Crippen LogP contribution in [0.3, 0.4) is 0 Å². The highest BCUT2D eigenvalue weighted by molar-refractivity contribution is 7.73. The summed E-state index contributed by atoms with van der Waals surface area (Å²) in [7, 11) is 0. The highest BCUT2D eigenvalue weighted by atomic mass is 32.1. The van der Waals surface area contributed by atoms with E-state index in [-0.39, 0.29) is 18.2 Å². The summed E-state index contributed by atoms with van der Waals surface area (Å²) in [6.07, 6.45) is 0.263. The Bertz CT molecular complexity index is 840. The molecule has 1 saturated heterocycles. The van der Waals surface area contributed by atoms with Crippen LogP contribution in [0, 0.1) is 17.8 Å². The monoisotopic (exact) mass is 361 g/mol. The van der Waals surface area contributed by atoms with Crippen molar-refractivity contribution >= 4 is 35.4 Å². The lowest BCUT2D eigenvalue weighted by Gasteiger charge is -2.36. The lowest BCUT2D eigenvalue weighted by molar-refractivity contribution is -0.143. The summed E-state index contributed by atoms with van der Waals surface area (Å²) in [5, 5.41) is 2.87. The third-order valence-electron chi connectivity index (χ3n) is 4.25. The van der Waals surface area contributed by atoms with Gasteiger partial charge in [0.15, 0.2) is 3.95 Å². The molecule has 3 rings (SSSR count). The van der Waals surface area contributed by atoms with Gasteiger partial charge in [-0.05, 0) is 37.2 Å². The molecule has 1 atom stereocenters. The summed E-state index contributed by atoms with van der Waals surface area (Å²) in [4.78, 5) is 31.0. The lowest BCUT2D eigenvalue weighted by Crippen LogP contribution is -2.52. The Morgan fingerprint density at radius 3 is 2.79 bits per heavy atom. The molecule has 0 unspecified atom stereocenters. The Labute approximate surface area is 149 Å². The van der Waals surface area contributed by atoms with Crippen LogP contribution in [0.25, 0.3) is 0 Å². The molecule has 126 valence electrons.